The van der Waals surface area contributed by atoms with Crippen LogP contribution in [0.1, 0.15) is 6.42 Å². The van der Waals surface area contributed by atoms with Gasteiger partial charge in [0.2, 0.25) is 11.8 Å². The molecular formula is C13H12FN3O2. The summed E-state index contributed by atoms with van der Waals surface area (Å²) in [5.41, 5.74) is 0.571. The van der Waals surface area contributed by atoms with Gasteiger partial charge in [-0.05, 0) is 24.3 Å². The van der Waals surface area contributed by atoms with Crippen molar-refractivity contribution in [3.8, 4) is 6.07 Å². The van der Waals surface area contributed by atoms with Crippen LogP contribution in [0, 0.1) is 23.1 Å². The van der Waals surface area contributed by atoms with Crippen LogP contribution in [0.25, 0.3) is 0 Å². The molecule has 1 N–H and O–H groups in total. The zero-order valence-corrected chi connectivity index (χ0v) is 10.1. The number of nitriles is 1. The van der Waals surface area contributed by atoms with E-state index < -0.39 is 5.92 Å². The third kappa shape index (κ3) is 2.88. The molecule has 1 aromatic rings. The zero-order chi connectivity index (χ0) is 13.8. The average Bonchev–Trinajstić information content (AvgIpc) is 2.79. The number of halogens is 1. The largest absolute Gasteiger partial charge is 0.343 e. The minimum absolute atomic E-state index is 0.0694. The number of nitrogens with one attached hydrogen (secondary N) is 1. The minimum Gasteiger partial charge on any atom is -0.343 e. The lowest BCUT2D eigenvalue weighted by Gasteiger charge is -2.16. The summed E-state index contributed by atoms with van der Waals surface area (Å²) in [7, 11) is 0. The molecule has 1 aromatic carbocycles. The number of carbonyl (C=O) groups excluding carboxylic acids is 2. The summed E-state index contributed by atoms with van der Waals surface area (Å²) < 4.78 is 12.8. The van der Waals surface area contributed by atoms with E-state index in [1.807, 2.05) is 6.07 Å². The van der Waals surface area contributed by atoms with Gasteiger partial charge in [0.1, 0.15) is 12.4 Å². The lowest BCUT2D eigenvalue weighted by molar-refractivity contribution is -0.126. The number of hydrogen-bond acceptors (Lipinski definition) is 3. The molecule has 0 bridgehead atoms. The number of anilines is 1. The molecule has 1 aliphatic heterocycles. The van der Waals surface area contributed by atoms with Gasteiger partial charge in [-0.15, -0.1) is 0 Å². The Kier molecular flexibility index (Phi) is 3.76. The van der Waals surface area contributed by atoms with Crippen molar-refractivity contribution in [2.75, 3.05) is 18.0 Å². The number of carbonyl (C=O) groups is 2. The van der Waals surface area contributed by atoms with Crippen LogP contribution in [0.4, 0.5) is 10.1 Å². The highest BCUT2D eigenvalue weighted by molar-refractivity contribution is 6.00. The van der Waals surface area contributed by atoms with Gasteiger partial charge in [0.05, 0.1) is 12.0 Å². The van der Waals surface area contributed by atoms with Crippen molar-refractivity contribution in [3.05, 3.63) is 30.1 Å². The SMILES string of the molecule is N#CCNC(=O)[C@H]1CC(=O)N(c2ccc(F)cc2)C1. The summed E-state index contributed by atoms with van der Waals surface area (Å²) in [6.07, 6.45) is 0.106. The van der Waals surface area contributed by atoms with E-state index in [1.165, 1.54) is 29.2 Å². The van der Waals surface area contributed by atoms with Crippen LogP contribution < -0.4 is 10.2 Å². The molecule has 6 heteroatoms. The molecule has 19 heavy (non-hydrogen) atoms. The molecule has 1 aliphatic rings. The Balaban J connectivity index is 2.05. The van der Waals surface area contributed by atoms with Crippen LogP contribution in [0.15, 0.2) is 24.3 Å². The Morgan fingerprint density at radius 1 is 1.47 bits per heavy atom. The minimum atomic E-state index is -0.467. The van der Waals surface area contributed by atoms with E-state index >= 15 is 0 Å². The van der Waals surface area contributed by atoms with E-state index in [4.69, 9.17) is 5.26 Å². The van der Waals surface area contributed by atoms with Crippen molar-refractivity contribution in [2.24, 2.45) is 5.92 Å². The van der Waals surface area contributed by atoms with Crippen molar-refractivity contribution < 1.29 is 14.0 Å². The van der Waals surface area contributed by atoms with Gasteiger partial charge in [0, 0.05) is 18.7 Å². The zero-order valence-electron chi connectivity index (χ0n) is 10.1. The quantitative estimate of drug-likeness (QED) is 0.819. The maximum atomic E-state index is 12.8. The second kappa shape index (κ2) is 5.48. The standard InChI is InChI=1S/C13H12FN3O2/c14-10-1-3-11(4-2-10)17-8-9(7-12(17)18)13(19)16-6-5-15/h1-4,9H,6-8H2,(H,16,19)/t9-/m0/s1. The molecular weight excluding hydrogens is 249 g/mol. The fourth-order valence-electron chi connectivity index (χ4n) is 2.02. The van der Waals surface area contributed by atoms with Gasteiger partial charge in [-0.3, -0.25) is 9.59 Å². The van der Waals surface area contributed by atoms with E-state index in [-0.39, 0.29) is 37.1 Å². The molecule has 2 rings (SSSR count). The second-order valence-corrected chi connectivity index (χ2v) is 4.26. The van der Waals surface area contributed by atoms with Crippen LogP contribution >= 0.6 is 0 Å². The smallest absolute Gasteiger partial charge is 0.227 e. The van der Waals surface area contributed by atoms with Crippen LogP contribution in [0.5, 0.6) is 0 Å². The first kappa shape index (κ1) is 13.0. The highest BCUT2D eigenvalue weighted by Crippen LogP contribution is 2.25. The maximum Gasteiger partial charge on any atom is 0.227 e. The van der Waals surface area contributed by atoms with Crippen LogP contribution in [0.3, 0.4) is 0 Å². The maximum absolute atomic E-state index is 12.8. The van der Waals surface area contributed by atoms with E-state index in [9.17, 15) is 14.0 Å². The summed E-state index contributed by atoms with van der Waals surface area (Å²) in [4.78, 5) is 25.0. The third-order valence-electron chi connectivity index (χ3n) is 2.98. The predicted octanol–water partition coefficient (Wildman–Crippen LogP) is 0.818. The Morgan fingerprint density at radius 2 is 2.16 bits per heavy atom. The molecule has 0 radical (unpaired) electrons. The van der Waals surface area contributed by atoms with Gasteiger partial charge < -0.3 is 10.2 Å². The summed E-state index contributed by atoms with van der Waals surface area (Å²) >= 11 is 0. The molecule has 5 nitrogen and oxygen atoms in total. The fraction of sp³-hybridized carbons (Fsp3) is 0.308. The van der Waals surface area contributed by atoms with E-state index in [1.54, 1.807) is 0 Å². The van der Waals surface area contributed by atoms with Crippen molar-refractivity contribution in [2.45, 2.75) is 6.42 Å². The molecule has 1 atom stereocenters. The molecule has 1 fully saturated rings. The molecule has 1 saturated heterocycles. The van der Waals surface area contributed by atoms with Crippen molar-refractivity contribution in [1.29, 1.82) is 5.26 Å². The van der Waals surface area contributed by atoms with E-state index in [0.29, 0.717) is 5.69 Å². The van der Waals surface area contributed by atoms with Crippen LogP contribution in [-0.2, 0) is 9.59 Å². The highest BCUT2D eigenvalue weighted by Gasteiger charge is 2.34. The van der Waals surface area contributed by atoms with Crippen molar-refractivity contribution in [1.82, 2.24) is 5.32 Å². The number of nitrogens with zero attached hydrogens (tertiary/aromatic N) is 2. The van der Waals surface area contributed by atoms with Crippen molar-refractivity contribution >= 4 is 17.5 Å². The van der Waals surface area contributed by atoms with Gasteiger partial charge in [0.15, 0.2) is 0 Å². The Hall–Kier alpha value is -2.42. The predicted molar refractivity (Wildman–Crippen MR) is 65.5 cm³/mol. The van der Waals surface area contributed by atoms with Crippen LogP contribution in [-0.4, -0.2) is 24.9 Å². The summed E-state index contributed by atoms with van der Waals surface area (Å²) in [6, 6.07) is 7.35. The molecule has 1 heterocycles. The number of benzene rings is 1. The molecule has 0 aromatic heterocycles. The first-order valence-electron chi connectivity index (χ1n) is 5.82. The highest BCUT2D eigenvalue weighted by atomic mass is 19.1. The first-order chi connectivity index (χ1) is 9.11. The fourth-order valence-corrected chi connectivity index (χ4v) is 2.02. The number of amides is 2. The Bertz CT molecular complexity index is 536. The molecule has 0 saturated carbocycles. The molecule has 2 amide bonds. The Morgan fingerprint density at radius 3 is 2.79 bits per heavy atom. The second-order valence-electron chi connectivity index (χ2n) is 4.26. The van der Waals surface area contributed by atoms with Gasteiger partial charge in [-0.1, -0.05) is 0 Å². The average molecular weight is 261 g/mol. The lowest BCUT2D eigenvalue weighted by atomic mass is 10.1. The van der Waals surface area contributed by atoms with Crippen LogP contribution in [0.2, 0.25) is 0 Å². The van der Waals surface area contributed by atoms with Gasteiger partial charge in [0.25, 0.3) is 0 Å². The monoisotopic (exact) mass is 261 g/mol. The summed E-state index contributed by atoms with van der Waals surface area (Å²) in [6.45, 7) is 0.182. The molecule has 0 aliphatic carbocycles. The van der Waals surface area contributed by atoms with Crippen molar-refractivity contribution in [3.63, 3.8) is 0 Å². The Labute approximate surface area is 109 Å². The summed E-state index contributed by atoms with van der Waals surface area (Å²) in [5.74, 6) is -1.33. The molecule has 0 unspecified atom stereocenters. The topological polar surface area (TPSA) is 73.2 Å². The normalized spacial score (nSPS) is 18.2. The van der Waals surface area contributed by atoms with Gasteiger partial charge in [-0.2, -0.15) is 5.26 Å². The van der Waals surface area contributed by atoms with E-state index in [0.717, 1.165) is 0 Å². The third-order valence-corrected chi connectivity index (χ3v) is 2.98. The lowest BCUT2D eigenvalue weighted by Crippen LogP contribution is -2.33. The number of rotatable bonds is 3. The van der Waals surface area contributed by atoms with Gasteiger partial charge >= 0.3 is 0 Å². The molecule has 0 spiro atoms. The molecule has 98 valence electrons. The first-order valence-corrected chi connectivity index (χ1v) is 5.82. The van der Waals surface area contributed by atoms with Gasteiger partial charge in [-0.25, -0.2) is 4.39 Å². The summed E-state index contributed by atoms with van der Waals surface area (Å²) in [5, 5.41) is 10.8. The van der Waals surface area contributed by atoms with E-state index in [2.05, 4.69) is 5.32 Å². The number of hydrogen-bond donors (Lipinski definition) is 1.